The van der Waals surface area contributed by atoms with E-state index >= 15 is 0 Å². The van der Waals surface area contributed by atoms with Crippen molar-refractivity contribution in [2.45, 2.75) is 38.8 Å². The summed E-state index contributed by atoms with van der Waals surface area (Å²) in [6.07, 6.45) is 0.556. The van der Waals surface area contributed by atoms with E-state index in [0.717, 1.165) is 8.95 Å². The number of anilines is 1. The Morgan fingerprint density at radius 2 is 2.14 bits per heavy atom. The highest BCUT2D eigenvalue weighted by molar-refractivity contribution is 9.11. The number of rotatable bonds is 4. The number of nitrogens with two attached hydrogens (primary N) is 1. The average molecular weight is 420 g/mol. The van der Waals surface area contributed by atoms with Crippen LogP contribution in [0.25, 0.3) is 0 Å². The van der Waals surface area contributed by atoms with Gasteiger partial charge in [-0.1, -0.05) is 29.8 Å². The van der Waals surface area contributed by atoms with E-state index in [4.69, 9.17) is 10.5 Å². The fourth-order valence-electron chi connectivity index (χ4n) is 2.65. The van der Waals surface area contributed by atoms with Gasteiger partial charge < -0.3 is 15.8 Å². The van der Waals surface area contributed by atoms with Crippen LogP contribution in [0.3, 0.4) is 0 Å². The zero-order valence-electron chi connectivity index (χ0n) is 12.4. The molecular formula is C15H20Br2N2O2. The summed E-state index contributed by atoms with van der Waals surface area (Å²) < 4.78 is 7.41. The van der Waals surface area contributed by atoms with Crippen molar-refractivity contribution < 1.29 is 9.53 Å². The van der Waals surface area contributed by atoms with Crippen molar-refractivity contribution in [3.63, 3.8) is 0 Å². The van der Waals surface area contributed by atoms with Crippen LogP contribution in [0.5, 0.6) is 0 Å². The number of hydrogen-bond acceptors (Lipinski definition) is 3. The summed E-state index contributed by atoms with van der Waals surface area (Å²) in [7, 11) is 0. The molecule has 1 saturated carbocycles. The third kappa shape index (κ3) is 2.91. The second-order valence-corrected chi connectivity index (χ2v) is 7.69. The van der Waals surface area contributed by atoms with Gasteiger partial charge in [0.1, 0.15) is 5.54 Å². The van der Waals surface area contributed by atoms with E-state index in [9.17, 15) is 4.79 Å². The molecule has 1 aliphatic rings. The highest BCUT2D eigenvalue weighted by Gasteiger charge is 2.62. The highest BCUT2D eigenvalue weighted by atomic mass is 79.9. The molecule has 4 nitrogen and oxygen atoms in total. The van der Waals surface area contributed by atoms with Crippen LogP contribution in [0, 0.1) is 5.41 Å². The number of carbonyl (C=O) groups is 1. The van der Waals surface area contributed by atoms with Gasteiger partial charge in [-0.2, -0.15) is 0 Å². The minimum atomic E-state index is -0.917. The molecule has 0 aliphatic heterocycles. The van der Waals surface area contributed by atoms with Crippen LogP contribution in [0.1, 0.15) is 27.2 Å². The molecule has 2 atom stereocenters. The molecule has 3 N–H and O–H groups in total. The van der Waals surface area contributed by atoms with Crippen LogP contribution in [0.4, 0.5) is 5.69 Å². The van der Waals surface area contributed by atoms with Crippen LogP contribution in [0.15, 0.2) is 27.1 Å². The molecule has 0 aromatic heterocycles. The van der Waals surface area contributed by atoms with Crippen molar-refractivity contribution in [2.75, 3.05) is 11.9 Å². The average Bonchev–Trinajstić information content (AvgIpc) is 2.41. The lowest BCUT2D eigenvalue weighted by Gasteiger charge is -2.57. The second kappa shape index (κ2) is 5.99. The smallest absolute Gasteiger partial charge is 0.245 e. The van der Waals surface area contributed by atoms with Crippen LogP contribution in [-0.2, 0) is 9.53 Å². The molecule has 0 heterocycles. The minimum absolute atomic E-state index is 0.0200. The molecule has 0 radical (unpaired) electrons. The Hall–Kier alpha value is -0.430. The van der Waals surface area contributed by atoms with Gasteiger partial charge in [0.05, 0.1) is 11.8 Å². The molecule has 1 amide bonds. The Labute approximate surface area is 142 Å². The standard InChI is InChI=1S/C15H20Br2N2O2/c1-4-21-12-8-15(18,14(12,2)3)13(20)19-11-6-5-9(16)7-10(11)17/h5-7,12H,4,8,18H2,1-3H3,(H,19,20). The number of halogens is 2. The van der Waals surface area contributed by atoms with Gasteiger partial charge in [-0.25, -0.2) is 0 Å². The topological polar surface area (TPSA) is 64.3 Å². The Morgan fingerprint density at radius 1 is 1.48 bits per heavy atom. The van der Waals surface area contributed by atoms with E-state index in [0.29, 0.717) is 18.7 Å². The first-order chi connectivity index (χ1) is 9.72. The number of carbonyl (C=O) groups excluding carboxylic acids is 1. The third-order valence-electron chi connectivity index (χ3n) is 4.41. The quantitative estimate of drug-likeness (QED) is 0.782. The van der Waals surface area contributed by atoms with Gasteiger partial charge in [0.15, 0.2) is 0 Å². The molecule has 0 bridgehead atoms. The first-order valence-corrected chi connectivity index (χ1v) is 8.48. The molecule has 116 valence electrons. The van der Waals surface area contributed by atoms with Crippen LogP contribution in [0.2, 0.25) is 0 Å². The van der Waals surface area contributed by atoms with Crippen LogP contribution in [-0.4, -0.2) is 24.2 Å². The molecular weight excluding hydrogens is 400 g/mol. The van der Waals surface area contributed by atoms with E-state index in [2.05, 4.69) is 37.2 Å². The Morgan fingerprint density at radius 3 is 2.67 bits per heavy atom. The summed E-state index contributed by atoms with van der Waals surface area (Å²) >= 11 is 6.82. The number of amides is 1. The largest absolute Gasteiger partial charge is 0.378 e. The van der Waals surface area contributed by atoms with Gasteiger partial charge in [0, 0.05) is 27.4 Å². The zero-order valence-corrected chi connectivity index (χ0v) is 15.5. The first kappa shape index (κ1) is 16.9. The number of hydrogen-bond donors (Lipinski definition) is 2. The van der Waals surface area contributed by atoms with Gasteiger partial charge in [-0.15, -0.1) is 0 Å². The van der Waals surface area contributed by atoms with Crippen LogP contribution < -0.4 is 11.1 Å². The summed E-state index contributed by atoms with van der Waals surface area (Å²) in [6, 6.07) is 5.59. The lowest BCUT2D eigenvalue weighted by Crippen LogP contribution is -2.74. The van der Waals surface area contributed by atoms with Crippen molar-refractivity contribution >= 4 is 43.5 Å². The predicted octanol–water partition coefficient (Wildman–Crippen LogP) is 3.68. The summed E-state index contributed by atoms with van der Waals surface area (Å²) in [5.41, 5.74) is 5.76. The lowest BCUT2D eigenvalue weighted by molar-refractivity contribution is -0.166. The zero-order chi connectivity index (χ0) is 15.8. The van der Waals surface area contributed by atoms with Gasteiger partial charge in [-0.3, -0.25) is 4.79 Å². The van der Waals surface area contributed by atoms with E-state index in [1.54, 1.807) is 0 Å². The fourth-order valence-corrected chi connectivity index (χ4v) is 3.79. The van der Waals surface area contributed by atoms with Crippen molar-refractivity contribution in [3.05, 3.63) is 27.1 Å². The normalized spacial score (nSPS) is 27.0. The minimum Gasteiger partial charge on any atom is -0.378 e. The molecule has 1 fully saturated rings. The molecule has 1 aliphatic carbocycles. The van der Waals surface area contributed by atoms with Crippen LogP contribution >= 0.6 is 31.9 Å². The highest BCUT2D eigenvalue weighted by Crippen LogP contribution is 2.50. The van der Waals surface area contributed by atoms with Gasteiger partial charge in [-0.05, 0) is 41.1 Å². The van der Waals surface area contributed by atoms with E-state index in [1.807, 2.05) is 39.0 Å². The molecule has 0 saturated heterocycles. The molecule has 2 unspecified atom stereocenters. The molecule has 0 spiro atoms. The second-order valence-electron chi connectivity index (χ2n) is 5.92. The Kier molecular flexibility index (Phi) is 4.83. The van der Waals surface area contributed by atoms with E-state index in [-0.39, 0.29) is 12.0 Å². The maximum absolute atomic E-state index is 12.6. The van der Waals surface area contributed by atoms with Gasteiger partial charge in [0.2, 0.25) is 5.91 Å². The summed E-state index contributed by atoms with van der Waals surface area (Å²) in [6.45, 7) is 6.54. The van der Waals surface area contributed by atoms with Crippen molar-refractivity contribution in [2.24, 2.45) is 11.1 Å². The maximum atomic E-state index is 12.6. The Bertz CT molecular complexity index is 563. The molecule has 6 heteroatoms. The number of benzene rings is 1. The van der Waals surface area contributed by atoms with Crippen molar-refractivity contribution in [1.82, 2.24) is 0 Å². The number of ether oxygens (including phenoxy) is 1. The van der Waals surface area contributed by atoms with E-state index in [1.165, 1.54) is 0 Å². The van der Waals surface area contributed by atoms with Gasteiger partial charge >= 0.3 is 0 Å². The first-order valence-electron chi connectivity index (χ1n) is 6.89. The summed E-state index contributed by atoms with van der Waals surface area (Å²) in [5.74, 6) is -0.175. The lowest BCUT2D eigenvalue weighted by atomic mass is 9.54. The molecule has 1 aromatic carbocycles. The number of nitrogens with one attached hydrogen (secondary N) is 1. The monoisotopic (exact) mass is 418 g/mol. The fraction of sp³-hybridized carbons (Fsp3) is 0.533. The predicted molar refractivity (Wildman–Crippen MR) is 91.2 cm³/mol. The molecule has 1 aromatic rings. The summed E-state index contributed by atoms with van der Waals surface area (Å²) in [4.78, 5) is 12.6. The summed E-state index contributed by atoms with van der Waals surface area (Å²) in [5, 5.41) is 2.91. The Balaban J connectivity index is 2.14. The SMILES string of the molecule is CCOC1CC(N)(C(=O)Nc2ccc(Br)cc2Br)C1(C)C. The van der Waals surface area contributed by atoms with E-state index < -0.39 is 11.0 Å². The molecule has 21 heavy (non-hydrogen) atoms. The molecule has 2 rings (SSSR count). The van der Waals surface area contributed by atoms with Crippen molar-refractivity contribution in [1.29, 1.82) is 0 Å². The third-order valence-corrected chi connectivity index (χ3v) is 5.56. The van der Waals surface area contributed by atoms with Gasteiger partial charge in [0.25, 0.3) is 0 Å². The maximum Gasteiger partial charge on any atom is 0.245 e. The van der Waals surface area contributed by atoms with Crippen molar-refractivity contribution in [3.8, 4) is 0 Å².